The number of halogens is 1. The molecule has 0 saturated heterocycles. The zero-order valence-corrected chi connectivity index (χ0v) is 16.6. The van der Waals surface area contributed by atoms with Crippen LogP contribution in [0.25, 0.3) is 0 Å². The maximum Gasteiger partial charge on any atom is 0.339 e. The molecule has 0 aromatic heterocycles. The summed E-state index contributed by atoms with van der Waals surface area (Å²) in [5, 5.41) is 2.76. The summed E-state index contributed by atoms with van der Waals surface area (Å²) < 4.78 is 23.3. The van der Waals surface area contributed by atoms with E-state index in [0.717, 1.165) is 0 Å². The van der Waals surface area contributed by atoms with Crippen LogP contribution >= 0.6 is 0 Å². The van der Waals surface area contributed by atoms with Crippen LogP contribution in [0.2, 0.25) is 0 Å². The molecule has 1 aliphatic heterocycles. The molecule has 0 spiro atoms. The van der Waals surface area contributed by atoms with Gasteiger partial charge < -0.3 is 14.8 Å². The lowest BCUT2D eigenvalue weighted by atomic mass is 9.93. The minimum Gasteiger partial charge on any atom is -0.465 e. The van der Waals surface area contributed by atoms with E-state index in [2.05, 4.69) is 10.1 Å². The van der Waals surface area contributed by atoms with Crippen molar-refractivity contribution in [3.8, 4) is 0 Å². The molecule has 4 rings (SSSR count). The summed E-state index contributed by atoms with van der Waals surface area (Å²) in [6.45, 7) is 0. The second-order valence-corrected chi connectivity index (χ2v) is 7.04. The lowest BCUT2D eigenvalue weighted by molar-refractivity contribution is 0.0252. The highest BCUT2D eigenvalue weighted by Gasteiger charge is 2.28. The van der Waals surface area contributed by atoms with E-state index in [9.17, 15) is 18.8 Å². The number of hydrogen-bond donors (Lipinski definition) is 1. The molecular formula is C24H18FNO5. The van der Waals surface area contributed by atoms with Crippen molar-refractivity contribution in [2.45, 2.75) is 12.5 Å². The van der Waals surface area contributed by atoms with Gasteiger partial charge in [0.15, 0.2) is 0 Å². The Morgan fingerprint density at radius 2 is 1.68 bits per heavy atom. The van der Waals surface area contributed by atoms with Gasteiger partial charge in [0.05, 0.1) is 18.2 Å². The maximum absolute atomic E-state index is 13.2. The molecular weight excluding hydrogens is 401 g/mol. The van der Waals surface area contributed by atoms with Crippen LogP contribution in [0.3, 0.4) is 0 Å². The predicted molar refractivity (Wildman–Crippen MR) is 110 cm³/mol. The molecule has 0 saturated carbocycles. The van der Waals surface area contributed by atoms with E-state index >= 15 is 0 Å². The summed E-state index contributed by atoms with van der Waals surface area (Å²) in [6.07, 6.45) is -0.174. The number of carbonyl (C=O) groups excluding carboxylic acids is 3. The van der Waals surface area contributed by atoms with Crippen molar-refractivity contribution < 1.29 is 28.2 Å². The number of hydrogen-bond acceptors (Lipinski definition) is 5. The standard InChI is InChI=1S/C24H18FNO5/c1-30-23(28)15-4-9-19(10-5-15)26-22(27)16-6-11-20-17(12-16)13-21(31-24(20)29)14-2-7-18(25)8-3-14/h2-12,21H,13H2,1H3,(H,26,27)/t21-/m0/s1. The Morgan fingerprint density at radius 1 is 1.00 bits per heavy atom. The molecule has 3 aromatic rings. The van der Waals surface area contributed by atoms with Crippen LogP contribution < -0.4 is 5.32 Å². The molecule has 31 heavy (non-hydrogen) atoms. The van der Waals surface area contributed by atoms with Gasteiger partial charge in [-0.2, -0.15) is 0 Å². The van der Waals surface area contributed by atoms with E-state index in [4.69, 9.17) is 4.74 Å². The van der Waals surface area contributed by atoms with Crippen LogP contribution in [-0.2, 0) is 15.9 Å². The van der Waals surface area contributed by atoms with Gasteiger partial charge in [0.2, 0.25) is 0 Å². The summed E-state index contributed by atoms with van der Waals surface area (Å²) in [6, 6.07) is 16.9. The molecule has 0 radical (unpaired) electrons. The van der Waals surface area contributed by atoms with Crippen molar-refractivity contribution in [3.05, 3.63) is 100 Å². The fraction of sp³-hybridized carbons (Fsp3) is 0.125. The Balaban J connectivity index is 1.52. The number of esters is 2. The van der Waals surface area contributed by atoms with Gasteiger partial charge in [-0.3, -0.25) is 4.79 Å². The topological polar surface area (TPSA) is 81.7 Å². The third kappa shape index (κ3) is 4.30. The van der Waals surface area contributed by atoms with Gasteiger partial charge in [-0.05, 0) is 65.7 Å². The molecule has 1 aliphatic rings. The molecule has 156 valence electrons. The fourth-order valence-corrected chi connectivity index (χ4v) is 3.41. The third-order valence-corrected chi connectivity index (χ3v) is 5.05. The monoisotopic (exact) mass is 419 g/mol. The average Bonchev–Trinajstić information content (AvgIpc) is 2.79. The quantitative estimate of drug-likeness (QED) is 0.637. The Bertz CT molecular complexity index is 1160. The number of anilines is 1. The number of ether oxygens (including phenoxy) is 2. The number of methoxy groups -OCH3 is 1. The maximum atomic E-state index is 13.2. The summed E-state index contributed by atoms with van der Waals surface area (Å²) >= 11 is 0. The van der Waals surface area contributed by atoms with Crippen LogP contribution in [-0.4, -0.2) is 25.0 Å². The van der Waals surface area contributed by atoms with E-state index in [1.54, 1.807) is 54.6 Å². The molecule has 1 N–H and O–H groups in total. The normalized spacial score (nSPS) is 14.9. The number of benzene rings is 3. The first-order valence-electron chi connectivity index (χ1n) is 9.53. The lowest BCUT2D eigenvalue weighted by Gasteiger charge is -2.25. The SMILES string of the molecule is COC(=O)c1ccc(NC(=O)c2ccc3c(c2)C[C@@H](c2ccc(F)cc2)OC3=O)cc1. The van der Waals surface area contributed by atoms with E-state index < -0.39 is 18.0 Å². The number of rotatable bonds is 4. The van der Waals surface area contributed by atoms with Gasteiger partial charge in [0, 0.05) is 17.7 Å². The highest BCUT2D eigenvalue weighted by atomic mass is 19.1. The van der Waals surface area contributed by atoms with Gasteiger partial charge in [0.1, 0.15) is 11.9 Å². The summed E-state index contributed by atoms with van der Waals surface area (Å²) in [7, 11) is 1.30. The van der Waals surface area contributed by atoms with Crippen molar-refractivity contribution in [1.82, 2.24) is 0 Å². The summed E-state index contributed by atoms with van der Waals surface area (Å²) in [5.74, 6) is -1.67. The molecule has 6 nitrogen and oxygen atoms in total. The number of nitrogens with one attached hydrogen (secondary N) is 1. The smallest absolute Gasteiger partial charge is 0.339 e. The van der Waals surface area contributed by atoms with Crippen molar-refractivity contribution in [2.75, 3.05) is 12.4 Å². The highest BCUT2D eigenvalue weighted by Crippen LogP contribution is 2.31. The van der Waals surface area contributed by atoms with Gasteiger partial charge in [-0.25, -0.2) is 14.0 Å². The first-order chi connectivity index (χ1) is 14.9. The molecule has 3 aromatic carbocycles. The summed E-state index contributed by atoms with van der Waals surface area (Å²) in [5.41, 5.74) is 3.03. The minimum absolute atomic E-state index is 0.356. The first-order valence-corrected chi connectivity index (χ1v) is 9.53. The van der Waals surface area contributed by atoms with Gasteiger partial charge in [-0.1, -0.05) is 12.1 Å². The zero-order valence-electron chi connectivity index (χ0n) is 16.6. The number of carbonyl (C=O) groups is 3. The molecule has 1 amide bonds. The first kappa shape index (κ1) is 20.3. The largest absolute Gasteiger partial charge is 0.465 e. The fourth-order valence-electron chi connectivity index (χ4n) is 3.41. The van der Waals surface area contributed by atoms with Crippen molar-refractivity contribution in [1.29, 1.82) is 0 Å². The predicted octanol–water partition coefficient (Wildman–Crippen LogP) is 4.32. The van der Waals surface area contributed by atoms with Crippen molar-refractivity contribution in [2.24, 2.45) is 0 Å². The number of fused-ring (bicyclic) bond motifs is 1. The van der Waals surface area contributed by atoms with Crippen LogP contribution in [0, 0.1) is 5.82 Å². The Labute approximate surface area is 177 Å². The molecule has 0 fully saturated rings. The van der Waals surface area contributed by atoms with Crippen LogP contribution in [0.1, 0.15) is 48.3 Å². The lowest BCUT2D eigenvalue weighted by Crippen LogP contribution is -2.23. The molecule has 0 bridgehead atoms. The molecule has 0 unspecified atom stereocenters. The van der Waals surface area contributed by atoms with E-state index in [1.165, 1.54) is 19.2 Å². The van der Waals surface area contributed by atoms with Crippen molar-refractivity contribution >= 4 is 23.5 Å². The van der Waals surface area contributed by atoms with Crippen molar-refractivity contribution in [3.63, 3.8) is 0 Å². The van der Waals surface area contributed by atoms with Crippen LogP contribution in [0.15, 0.2) is 66.7 Å². The van der Waals surface area contributed by atoms with E-state index in [0.29, 0.717) is 39.9 Å². The Hall–Kier alpha value is -4.00. The van der Waals surface area contributed by atoms with Gasteiger partial charge in [-0.15, -0.1) is 0 Å². The molecule has 0 aliphatic carbocycles. The Morgan fingerprint density at radius 3 is 2.35 bits per heavy atom. The average molecular weight is 419 g/mol. The summed E-state index contributed by atoms with van der Waals surface area (Å²) in [4.78, 5) is 36.6. The molecule has 1 atom stereocenters. The Kier molecular flexibility index (Phi) is 5.49. The second kappa shape index (κ2) is 8.39. The van der Waals surface area contributed by atoms with E-state index in [1.807, 2.05) is 0 Å². The van der Waals surface area contributed by atoms with Crippen LogP contribution in [0.4, 0.5) is 10.1 Å². The second-order valence-electron chi connectivity index (χ2n) is 7.04. The van der Waals surface area contributed by atoms with Gasteiger partial charge >= 0.3 is 11.9 Å². The van der Waals surface area contributed by atoms with E-state index in [-0.39, 0.29) is 11.7 Å². The van der Waals surface area contributed by atoms with Gasteiger partial charge in [0.25, 0.3) is 5.91 Å². The molecule has 7 heteroatoms. The number of cyclic esters (lactones) is 1. The molecule has 1 heterocycles. The highest BCUT2D eigenvalue weighted by molar-refractivity contribution is 6.05. The minimum atomic E-state index is -0.551. The third-order valence-electron chi connectivity index (χ3n) is 5.05. The zero-order chi connectivity index (χ0) is 22.0. The van der Waals surface area contributed by atoms with Crippen LogP contribution in [0.5, 0.6) is 0 Å². The number of amides is 1.